The Morgan fingerprint density at radius 1 is 1.11 bits per heavy atom. The molecule has 4 rings (SSSR count). The van der Waals surface area contributed by atoms with E-state index in [1.807, 2.05) is 35.2 Å². The Kier molecular flexibility index (Phi) is 4.94. The van der Waals surface area contributed by atoms with Gasteiger partial charge in [0.25, 0.3) is 5.91 Å². The Bertz CT molecular complexity index is 880. The van der Waals surface area contributed by atoms with Crippen LogP contribution in [-0.2, 0) is 11.2 Å². The molecule has 0 aliphatic carbocycles. The van der Waals surface area contributed by atoms with Crippen LogP contribution in [-0.4, -0.2) is 43.5 Å². The summed E-state index contributed by atoms with van der Waals surface area (Å²) in [6, 6.07) is 12.4. The SMILES string of the molecule is COc1cc2c(c(OC)c1)C1CCC(NC(=O)c3ccccc3)C(=O)N1CC2. The van der Waals surface area contributed by atoms with Gasteiger partial charge in [0, 0.05) is 23.7 Å². The second-order valence-electron chi connectivity index (χ2n) is 7.17. The number of hydrogen-bond donors (Lipinski definition) is 1. The molecule has 1 N–H and O–H groups in total. The first-order valence-electron chi connectivity index (χ1n) is 9.53. The topological polar surface area (TPSA) is 67.9 Å². The van der Waals surface area contributed by atoms with Gasteiger partial charge in [0.15, 0.2) is 0 Å². The van der Waals surface area contributed by atoms with Crippen molar-refractivity contribution in [1.29, 1.82) is 0 Å². The summed E-state index contributed by atoms with van der Waals surface area (Å²) in [6.07, 6.45) is 2.12. The van der Waals surface area contributed by atoms with Gasteiger partial charge in [-0.3, -0.25) is 9.59 Å². The van der Waals surface area contributed by atoms with Crippen molar-refractivity contribution in [1.82, 2.24) is 10.2 Å². The van der Waals surface area contributed by atoms with Gasteiger partial charge in [-0.05, 0) is 43.0 Å². The van der Waals surface area contributed by atoms with Crippen LogP contribution in [0.15, 0.2) is 42.5 Å². The predicted molar refractivity (Wildman–Crippen MR) is 105 cm³/mol. The van der Waals surface area contributed by atoms with E-state index in [0.717, 1.165) is 35.5 Å². The highest BCUT2D eigenvalue weighted by Crippen LogP contribution is 2.43. The highest BCUT2D eigenvalue weighted by atomic mass is 16.5. The lowest BCUT2D eigenvalue weighted by Crippen LogP contribution is -2.55. The molecule has 2 aliphatic heterocycles. The summed E-state index contributed by atoms with van der Waals surface area (Å²) in [6.45, 7) is 0.629. The third-order valence-corrected chi connectivity index (χ3v) is 5.64. The molecule has 2 unspecified atom stereocenters. The van der Waals surface area contributed by atoms with E-state index in [2.05, 4.69) is 5.32 Å². The van der Waals surface area contributed by atoms with E-state index in [1.54, 1.807) is 26.4 Å². The first-order chi connectivity index (χ1) is 13.6. The van der Waals surface area contributed by atoms with Gasteiger partial charge in [-0.1, -0.05) is 18.2 Å². The second kappa shape index (κ2) is 7.54. The molecule has 0 aromatic heterocycles. The minimum atomic E-state index is -0.491. The van der Waals surface area contributed by atoms with Crippen molar-refractivity contribution in [2.45, 2.75) is 31.3 Å². The molecular weight excluding hydrogens is 356 g/mol. The third-order valence-electron chi connectivity index (χ3n) is 5.64. The summed E-state index contributed by atoms with van der Waals surface area (Å²) >= 11 is 0. The highest BCUT2D eigenvalue weighted by molar-refractivity contribution is 5.97. The number of carbonyl (C=O) groups is 2. The molecule has 2 aromatic rings. The maximum Gasteiger partial charge on any atom is 0.251 e. The summed E-state index contributed by atoms with van der Waals surface area (Å²) in [4.78, 5) is 27.5. The summed E-state index contributed by atoms with van der Waals surface area (Å²) < 4.78 is 11.0. The Morgan fingerprint density at radius 2 is 1.89 bits per heavy atom. The van der Waals surface area contributed by atoms with E-state index in [0.29, 0.717) is 18.5 Å². The van der Waals surface area contributed by atoms with Crippen LogP contribution in [0.1, 0.15) is 40.4 Å². The Balaban J connectivity index is 1.56. The van der Waals surface area contributed by atoms with E-state index in [-0.39, 0.29) is 17.9 Å². The van der Waals surface area contributed by atoms with Crippen molar-refractivity contribution in [3.8, 4) is 11.5 Å². The van der Waals surface area contributed by atoms with Crippen molar-refractivity contribution in [2.24, 2.45) is 0 Å². The van der Waals surface area contributed by atoms with Crippen LogP contribution in [0.3, 0.4) is 0 Å². The molecule has 1 fully saturated rings. The Morgan fingerprint density at radius 3 is 2.61 bits per heavy atom. The number of carbonyl (C=O) groups excluding carboxylic acids is 2. The molecule has 146 valence electrons. The zero-order valence-corrected chi connectivity index (χ0v) is 16.1. The zero-order chi connectivity index (χ0) is 19.7. The molecule has 6 heteroatoms. The van der Waals surface area contributed by atoms with Gasteiger partial charge >= 0.3 is 0 Å². The van der Waals surface area contributed by atoms with Crippen LogP contribution in [0.5, 0.6) is 11.5 Å². The van der Waals surface area contributed by atoms with Crippen LogP contribution in [0, 0.1) is 0 Å². The van der Waals surface area contributed by atoms with Crippen molar-refractivity contribution in [2.75, 3.05) is 20.8 Å². The molecule has 2 aromatic carbocycles. The van der Waals surface area contributed by atoms with Crippen LogP contribution >= 0.6 is 0 Å². The zero-order valence-electron chi connectivity index (χ0n) is 16.1. The number of fused-ring (bicyclic) bond motifs is 3. The maximum atomic E-state index is 13.1. The average Bonchev–Trinajstić information content (AvgIpc) is 2.75. The van der Waals surface area contributed by atoms with Gasteiger partial charge < -0.3 is 19.7 Å². The van der Waals surface area contributed by atoms with E-state index in [4.69, 9.17) is 9.47 Å². The quantitative estimate of drug-likeness (QED) is 0.886. The molecule has 0 radical (unpaired) electrons. The second-order valence-corrected chi connectivity index (χ2v) is 7.17. The molecule has 0 bridgehead atoms. The minimum absolute atomic E-state index is 0.0240. The van der Waals surface area contributed by atoms with Gasteiger partial charge in [0.1, 0.15) is 17.5 Å². The molecule has 2 amide bonds. The fourth-order valence-electron chi connectivity index (χ4n) is 4.26. The molecule has 2 heterocycles. The summed E-state index contributed by atoms with van der Waals surface area (Å²) in [7, 11) is 3.28. The molecule has 0 saturated carbocycles. The van der Waals surface area contributed by atoms with Crippen molar-refractivity contribution in [3.05, 3.63) is 59.2 Å². The molecule has 1 saturated heterocycles. The van der Waals surface area contributed by atoms with E-state index >= 15 is 0 Å². The Labute approximate surface area is 164 Å². The number of piperidine rings is 1. The summed E-state index contributed by atoms with van der Waals surface area (Å²) in [5.74, 6) is 1.28. The predicted octanol–water partition coefficient (Wildman–Crippen LogP) is 2.72. The Hall–Kier alpha value is -3.02. The number of methoxy groups -OCH3 is 2. The van der Waals surface area contributed by atoms with Crippen molar-refractivity contribution >= 4 is 11.8 Å². The van der Waals surface area contributed by atoms with E-state index < -0.39 is 6.04 Å². The number of ether oxygens (including phenoxy) is 2. The summed E-state index contributed by atoms with van der Waals surface area (Å²) in [5.41, 5.74) is 2.79. The molecule has 0 spiro atoms. The summed E-state index contributed by atoms with van der Waals surface area (Å²) in [5, 5.41) is 2.91. The molecule has 6 nitrogen and oxygen atoms in total. The standard InChI is InChI=1S/C22H24N2O4/c1-27-16-12-15-10-11-24-18(20(15)19(13-16)28-2)9-8-17(22(24)26)23-21(25)14-6-4-3-5-7-14/h3-7,12-13,17-18H,8-11H2,1-2H3,(H,23,25). The number of hydrogen-bond acceptors (Lipinski definition) is 4. The normalized spacial score (nSPS) is 20.8. The van der Waals surface area contributed by atoms with Crippen molar-refractivity contribution in [3.63, 3.8) is 0 Å². The molecular formula is C22H24N2O4. The monoisotopic (exact) mass is 380 g/mol. The molecule has 2 atom stereocenters. The molecule has 2 aliphatic rings. The fourth-order valence-corrected chi connectivity index (χ4v) is 4.26. The average molecular weight is 380 g/mol. The lowest BCUT2D eigenvalue weighted by Gasteiger charge is -2.43. The van der Waals surface area contributed by atoms with Gasteiger partial charge in [0.2, 0.25) is 5.91 Å². The van der Waals surface area contributed by atoms with Crippen molar-refractivity contribution < 1.29 is 19.1 Å². The largest absolute Gasteiger partial charge is 0.497 e. The van der Waals surface area contributed by atoms with Crippen LogP contribution in [0.2, 0.25) is 0 Å². The van der Waals surface area contributed by atoms with Gasteiger partial charge in [-0.2, -0.15) is 0 Å². The number of nitrogens with one attached hydrogen (secondary N) is 1. The first kappa shape index (κ1) is 18.3. The smallest absolute Gasteiger partial charge is 0.251 e. The lowest BCUT2D eigenvalue weighted by atomic mass is 9.84. The van der Waals surface area contributed by atoms with Crippen LogP contribution in [0.25, 0.3) is 0 Å². The molecule has 28 heavy (non-hydrogen) atoms. The van der Waals surface area contributed by atoms with E-state index in [1.165, 1.54) is 0 Å². The first-order valence-corrected chi connectivity index (χ1v) is 9.53. The number of benzene rings is 2. The van der Waals surface area contributed by atoms with Gasteiger partial charge in [-0.15, -0.1) is 0 Å². The number of rotatable bonds is 4. The lowest BCUT2D eigenvalue weighted by molar-refractivity contribution is -0.139. The minimum Gasteiger partial charge on any atom is -0.497 e. The van der Waals surface area contributed by atoms with E-state index in [9.17, 15) is 9.59 Å². The van der Waals surface area contributed by atoms with Crippen LogP contribution in [0.4, 0.5) is 0 Å². The van der Waals surface area contributed by atoms with Gasteiger partial charge in [-0.25, -0.2) is 0 Å². The van der Waals surface area contributed by atoms with Crippen LogP contribution < -0.4 is 14.8 Å². The highest BCUT2D eigenvalue weighted by Gasteiger charge is 2.41. The number of amides is 2. The number of nitrogens with zero attached hydrogens (tertiary/aromatic N) is 1. The third kappa shape index (κ3) is 3.19. The van der Waals surface area contributed by atoms with Gasteiger partial charge in [0.05, 0.1) is 20.3 Å². The fraction of sp³-hybridized carbons (Fsp3) is 0.364. The maximum absolute atomic E-state index is 13.1.